The molecule has 1 aromatic heterocycles. The molecule has 0 radical (unpaired) electrons. The molecule has 18 heavy (non-hydrogen) atoms. The number of likely N-dealkylation sites (N-methyl/N-ethyl adjacent to an activating group) is 1. The molecule has 0 spiro atoms. The molecule has 0 bridgehead atoms. The lowest BCUT2D eigenvalue weighted by atomic mass is 10.1. The molecule has 1 aromatic rings. The van der Waals surface area contributed by atoms with E-state index in [-0.39, 0.29) is 11.9 Å². The Morgan fingerprint density at radius 1 is 1.39 bits per heavy atom. The van der Waals surface area contributed by atoms with Crippen molar-refractivity contribution in [1.82, 2.24) is 10.2 Å². The lowest BCUT2D eigenvalue weighted by Crippen LogP contribution is -2.38. The fourth-order valence-corrected chi connectivity index (χ4v) is 3.14. The van der Waals surface area contributed by atoms with E-state index in [0.717, 1.165) is 13.1 Å². The van der Waals surface area contributed by atoms with Gasteiger partial charge in [-0.15, -0.1) is 11.3 Å². The van der Waals surface area contributed by atoms with Crippen LogP contribution in [0.15, 0.2) is 6.07 Å². The van der Waals surface area contributed by atoms with Crippen LogP contribution in [0, 0.1) is 13.8 Å². The van der Waals surface area contributed by atoms with Gasteiger partial charge in [0.1, 0.15) is 0 Å². The second kappa shape index (κ2) is 6.90. The van der Waals surface area contributed by atoms with E-state index in [9.17, 15) is 4.79 Å². The van der Waals surface area contributed by atoms with Crippen molar-refractivity contribution in [3.63, 3.8) is 0 Å². The van der Waals surface area contributed by atoms with Crippen molar-refractivity contribution in [2.24, 2.45) is 0 Å². The minimum Gasteiger partial charge on any atom is -0.342 e. The topological polar surface area (TPSA) is 32.3 Å². The summed E-state index contributed by atoms with van der Waals surface area (Å²) in [5, 5.41) is 3.32. The summed E-state index contributed by atoms with van der Waals surface area (Å²) in [5.74, 6) is 0.177. The maximum Gasteiger partial charge on any atom is 0.236 e. The van der Waals surface area contributed by atoms with Gasteiger partial charge >= 0.3 is 0 Å². The fourth-order valence-electron chi connectivity index (χ4n) is 2.12. The SMILES string of the molecule is CCN(CC)C(=O)CNC(C)c1cc(C)sc1C. The zero-order valence-electron chi connectivity index (χ0n) is 12.0. The number of carbonyl (C=O) groups is 1. The Hall–Kier alpha value is -0.870. The van der Waals surface area contributed by atoms with E-state index < -0.39 is 0 Å². The van der Waals surface area contributed by atoms with Gasteiger partial charge in [-0.1, -0.05) is 0 Å². The lowest BCUT2D eigenvalue weighted by Gasteiger charge is -2.20. The van der Waals surface area contributed by atoms with Gasteiger partial charge in [0.15, 0.2) is 0 Å². The van der Waals surface area contributed by atoms with E-state index in [1.165, 1.54) is 15.3 Å². The average molecular weight is 268 g/mol. The summed E-state index contributed by atoms with van der Waals surface area (Å²) in [6.07, 6.45) is 0. The number of nitrogens with zero attached hydrogens (tertiary/aromatic N) is 1. The van der Waals surface area contributed by atoms with E-state index in [1.54, 1.807) is 0 Å². The number of aryl methyl sites for hydroxylation is 2. The lowest BCUT2D eigenvalue weighted by molar-refractivity contribution is -0.129. The summed E-state index contributed by atoms with van der Waals surface area (Å²) < 4.78 is 0. The first-order valence-electron chi connectivity index (χ1n) is 6.57. The first kappa shape index (κ1) is 15.2. The smallest absolute Gasteiger partial charge is 0.236 e. The van der Waals surface area contributed by atoms with Gasteiger partial charge in [-0.3, -0.25) is 4.79 Å². The molecule has 4 heteroatoms. The molecular formula is C14H24N2OS. The predicted octanol–water partition coefficient (Wildman–Crippen LogP) is 2.88. The third kappa shape index (κ3) is 3.82. The molecule has 1 rings (SSSR count). The van der Waals surface area contributed by atoms with Gasteiger partial charge in [-0.2, -0.15) is 0 Å². The summed E-state index contributed by atoms with van der Waals surface area (Å²) in [6.45, 7) is 12.4. The van der Waals surface area contributed by atoms with Gasteiger partial charge in [-0.25, -0.2) is 0 Å². The molecule has 1 heterocycles. The Bertz CT molecular complexity index is 396. The summed E-state index contributed by atoms with van der Waals surface area (Å²) in [5.41, 5.74) is 1.31. The molecule has 1 N–H and O–H groups in total. The molecule has 0 aliphatic carbocycles. The summed E-state index contributed by atoms with van der Waals surface area (Å²) in [6, 6.07) is 2.44. The highest BCUT2D eigenvalue weighted by atomic mass is 32.1. The van der Waals surface area contributed by atoms with Crippen LogP contribution in [0.3, 0.4) is 0 Å². The van der Waals surface area contributed by atoms with Crippen molar-refractivity contribution in [2.75, 3.05) is 19.6 Å². The van der Waals surface area contributed by atoms with Crippen molar-refractivity contribution in [2.45, 2.75) is 40.7 Å². The molecule has 0 saturated heterocycles. The summed E-state index contributed by atoms with van der Waals surface area (Å²) >= 11 is 1.81. The standard InChI is InChI=1S/C14H24N2OS/c1-6-16(7-2)14(17)9-15-11(4)13-8-10(3)18-12(13)5/h8,11,15H,6-7,9H2,1-5H3. The molecule has 1 amide bonds. The van der Waals surface area contributed by atoms with Crippen LogP contribution < -0.4 is 5.32 Å². The fraction of sp³-hybridized carbons (Fsp3) is 0.643. The van der Waals surface area contributed by atoms with Crippen LogP contribution in [0.1, 0.15) is 42.1 Å². The van der Waals surface area contributed by atoms with Gasteiger partial charge in [0.25, 0.3) is 0 Å². The number of hydrogen-bond acceptors (Lipinski definition) is 3. The Kier molecular flexibility index (Phi) is 5.82. The first-order valence-corrected chi connectivity index (χ1v) is 7.39. The van der Waals surface area contributed by atoms with Crippen LogP contribution in [0.5, 0.6) is 0 Å². The largest absolute Gasteiger partial charge is 0.342 e. The minimum absolute atomic E-state index is 0.177. The summed E-state index contributed by atoms with van der Waals surface area (Å²) in [4.78, 5) is 16.4. The second-order valence-electron chi connectivity index (χ2n) is 4.54. The number of hydrogen-bond donors (Lipinski definition) is 1. The molecule has 0 aromatic carbocycles. The van der Waals surface area contributed by atoms with Crippen molar-refractivity contribution < 1.29 is 4.79 Å². The van der Waals surface area contributed by atoms with E-state index in [2.05, 4.69) is 32.2 Å². The molecule has 3 nitrogen and oxygen atoms in total. The van der Waals surface area contributed by atoms with Crippen LogP contribution in [-0.4, -0.2) is 30.4 Å². The van der Waals surface area contributed by atoms with Gasteiger partial charge in [0, 0.05) is 28.9 Å². The quantitative estimate of drug-likeness (QED) is 0.860. The van der Waals surface area contributed by atoms with Crippen LogP contribution in [0.25, 0.3) is 0 Å². The van der Waals surface area contributed by atoms with Crippen LogP contribution in [0.4, 0.5) is 0 Å². The molecule has 0 saturated carbocycles. The Morgan fingerprint density at radius 2 is 2.00 bits per heavy atom. The van der Waals surface area contributed by atoms with E-state index in [4.69, 9.17) is 0 Å². The van der Waals surface area contributed by atoms with Crippen molar-refractivity contribution in [1.29, 1.82) is 0 Å². The average Bonchev–Trinajstić information content (AvgIpc) is 2.67. The number of amides is 1. The van der Waals surface area contributed by atoms with Gasteiger partial charge in [0.05, 0.1) is 6.54 Å². The Morgan fingerprint density at radius 3 is 2.44 bits per heavy atom. The normalized spacial score (nSPS) is 12.5. The Labute approximate surface area is 114 Å². The number of carbonyl (C=O) groups excluding carboxylic acids is 1. The third-order valence-electron chi connectivity index (χ3n) is 3.22. The third-order valence-corrected chi connectivity index (χ3v) is 4.20. The maximum atomic E-state index is 11.9. The zero-order chi connectivity index (χ0) is 13.7. The minimum atomic E-state index is 0.177. The molecule has 1 atom stereocenters. The Balaban J connectivity index is 2.53. The highest BCUT2D eigenvalue weighted by Gasteiger charge is 2.14. The van der Waals surface area contributed by atoms with Gasteiger partial charge in [-0.05, 0) is 46.2 Å². The van der Waals surface area contributed by atoms with Gasteiger partial charge in [0.2, 0.25) is 5.91 Å². The maximum absolute atomic E-state index is 11.9. The van der Waals surface area contributed by atoms with E-state index >= 15 is 0 Å². The molecule has 102 valence electrons. The zero-order valence-corrected chi connectivity index (χ0v) is 12.9. The van der Waals surface area contributed by atoms with Gasteiger partial charge < -0.3 is 10.2 Å². The van der Waals surface area contributed by atoms with Crippen LogP contribution >= 0.6 is 11.3 Å². The van der Waals surface area contributed by atoms with Crippen molar-refractivity contribution in [3.05, 3.63) is 21.4 Å². The van der Waals surface area contributed by atoms with Crippen LogP contribution in [-0.2, 0) is 4.79 Å². The van der Waals surface area contributed by atoms with Crippen LogP contribution in [0.2, 0.25) is 0 Å². The molecular weight excluding hydrogens is 244 g/mol. The van der Waals surface area contributed by atoms with E-state index in [1.807, 2.05) is 30.1 Å². The summed E-state index contributed by atoms with van der Waals surface area (Å²) in [7, 11) is 0. The molecule has 1 unspecified atom stereocenters. The van der Waals surface area contributed by atoms with E-state index in [0.29, 0.717) is 6.54 Å². The number of thiophene rings is 1. The number of nitrogens with one attached hydrogen (secondary N) is 1. The molecule has 0 aliphatic rings. The highest BCUT2D eigenvalue weighted by molar-refractivity contribution is 7.12. The molecule has 0 aliphatic heterocycles. The predicted molar refractivity (Wildman–Crippen MR) is 78.1 cm³/mol. The first-order chi connectivity index (χ1) is 8.49. The second-order valence-corrected chi connectivity index (χ2v) is 6.00. The van der Waals surface area contributed by atoms with Crippen molar-refractivity contribution in [3.8, 4) is 0 Å². The molecule has 0 fully saturated rings. The van der Waals surface area contributed by atoms with Crippen molar-refractivity contribution >= 4 is 17.2 Å². The number of rotatable bonds is 6. The monoisotopic (exact) mass is 268 g/mol. The highest BCUT2D eigenvalue weighted by Crippen LogP contribution is 2.25.